The van der Waals surface area contributed by atoms with E-state index in [9.17, 15) is 8.42 Å². The van der Waals surface area contributed by atoms with Crippen LogP contribution in [-0.2, 0) is 9.84 Å². The van der Waals surface area contributed by atoms with Gasteiger partial charge >= 0.3 is 0 Å². The van der Waals surface area contributed by atoms with Crippen molar-refractivity contribution in [2.75, 3.05) is 39.5 Å². The minimum Gasteiger partial charge on any atom is -0.356 e. The predicted octanol–water partition coefficient (Wildman–Crippen LogP) is 3.16. The lowest BCUT2D eigenvalue weighted by Gasteiger charge is -2.39. The first kappa shape index (κ1) is 22.8. The average molecular weight is 449 g/mol. The first-order valence-corrected chi connectivity index (χ1v) is 13.0. The van der Waals surface area contributed by atoms with Gasteiger partial charge in [-0.3, -0.25) is 9.89 Å². The van der Waals surface area contributed by atoms with Crippen LogP contribution in [-0.4, -0.2) is 58.8 Å². The van der Waals surface area contributed by atoms with Crippen LogP contribution in [0.2, 0.25) is 0 Å². The van der Waals surface area contributed by atoms with Crippen molar-refractivity contribution in [2.24, 2.45) is 10.9 Å². The maximum absolute atomic E-state index is 12.4. The van der Waals surface area contributed by atoms with E-state index in [1.807, 2.05) is 17.4 Å². The van der Waals surface area contributed by atoms with Gasteiger partial charge in [-0.2, -0.15) is 0 Å². The molecule has 2 N–H and O–H groups in total. The summed E-state index contributed by atoms with van der Waals surface area (Å²) in [4.78, 5) is 8.55. The molecule has 3 rings (SSSR count). The molecule has 8 heteroatoms. The Hall–Kier alpha value is -1.90. The third-order valence-corrected chi connectivity index (χ3v) is 8.34. The van der Waals surface area contributed by atoms with Crippen molar-refractivity contribution < 1.29 is 8.42 Å². The van der Waals surface area contributed by atoms with Gasteiger partial charge in [0.25, 0.3) is 0 Å². The molecule has 1 aliphatic heterocycles. The largest absolute Gasteiger partial charge is 0.356 e. The number of benzene rings is 1. The highest BCUT2D eigenvalue weighted by Crippen LogP contribution is 2.36. The number of likely N-dealkylation sites (tertiary alicyclic amines) is 1. The maximum atomic E-state index is 12.4. The monoisotopic (exact) mass is 448 g/mol. The number of hydrogen-bond acceptors (Lipinski definition) is 5. The molecular weight excluding hydrogens is 416 g/mol. The molecule has 0 radical (unpaired) electrons. The minimum absolute atomic E-state index is 0.120. The Morgan fingerprint density at radius 2 is 2.00 bits per heavy atom. The summed E-state index contributed by atoms with van der Waals surface area (Å²) in [5.41, 5.74) is 0. The second kappa shape index (κ2) is 10.9. The summed E-state index contributed by atoms with van der Waals surface area (Å²) >= 11 is 1.82. The highest BCUT2D eigenvalue weighted by molar-refractivity contribution is 7.91. The van der Waals surface area contributed by atoms with Gasteiger partial charge in [-0.25, -0.2) is 8.42 Å². The van der Waals surface area contributed by atoms with Crippen molar-refractivity contribution >= 4 is 27.1 Å². The molecule has 1 saturated heterocycles. The van der Waals surface area contributed by atoms with Crippen LogP contribution < -0.4 is 10.6 Å². The number of nitrogens with zero attached hydrogens (tertiary/aromatic N) is 2. The molecule has 1 aliphatic rings. The van der Waals surface area contributed by atoms with Gasteiger partial charge in [0, 0.05) is 31.1 Å². The number of piperidine rings is 1. The van der Waals surface area contributed by atoms with Crippen molar-refractivity contribution in [3.63, 3.8) is 0 Å². The van der Waals surface area contributed by atoms with Crippen LogP contribution in [0.25, 0.3) is 0 Å². The number of hydrogen-bond donors (Lipinski definition) is 2. The molecule has 0 saturated carbocycles. The molecule has 2 atom stereocenters. The Kier molecular flexibility index (Phi) is 8.30. The second-order valence-electron chi connectivity index (χ2n) is 7.71. The normalized spacial score (nSPS) is 20.8. The molecule has 1 aromatic carbocycles. The van der Waals surface area contributed by atoms with Crippen molar-refractivity contribution in [1.29, 1.82) is 0 Å². The van der Waals surface area contributed by atoms with Crippen LogP contribution in [0, 0.1) is 5.92 Å². The molecule has 6 nitrogen and oxygen atoms in total. The smallest absolute Gasteiger partial charge is 0.190 e. The Morgan fingerprint density at radius 3 is 2.70 bits per heavy atom. The number of guanidine groups is 1. The Labute approximate surface area is 184 Å². The van der Waals surface area contributed by atoms with Gasteiger partial charge in [-0.15, -0.1) is 11.3 Å². The molecule has 1 fully saturated rings. The van der Waals surface area contributed by atoms with Gasteiger partial charge in [0.1, 0.15) is 0 Å². The third-order valence-electron chi connectivity index (χ3n) is 5.58. The SMILES string of the molecule is CN=C(NCCCS(=O)(=O)c1ccccc1)NCC1CCCN(C)C1c1cccs1. The van der Waals surface area contributed by atoms with Crippen molar-refractivity contribution in [3.05, 3.63) is 52.7 Å². The number of thiophene rings is 1. The van der Waals surface area contributed by atoms with Crippen LogP contribution in [0.3, 0.4) is 0 Å². The summed E-state index contributed by atoms with van der Waals surface area (Å²) in [5, 5.41) is 8.85. The van der Waals surface area contributed by atoms with E-state index in [2.05, 4.69) is 45.1 Å². The second-order valence-corrected chi connectivity index (χ2v) is 10.8. The first-order valence-electron chi connectivity index (χ1n) is 10.5. The average Bonchev–Trinajstić information content (AvgIpc) is 3.28. The van der Waals surface area contributed by atoms with E-state index < -0.39 is 9.84 Å². The van der Waals surface area contributed by atoms with Crippen LogP contribution >= 0.6 is 11.3 Å². The molecule has 2 heterocycles. The molecule has 2 aromatic rings. The number of nitrogens with one attached hydrogen (secondary N) is 2. The Morgan fingerprint density at radius 1 is 1.20 bits per heavy atom. The van der Waals surface area contributed by atoms with Gasteiger partial charge < -0.3 is 10.6 Å². The van der Waals surface area contributed by atoms with Crippen molar-refractivity contribution in [3.8, 4) is 0 Å². The lowest BCUT2D eigenvalue weighted by atomic mass is 9.88. The quantitative estimate of drug-likeness (QED) is 0.369. The van der Waals surface area contributed by atoms with E-state index >= 15 is 0 Å². The van der Waals surface area contributed by atoms with Gasteiger partial charge in [-0.1, -0.05) is 24.3 Å². The summed E-state index contributed by atoms with van der Waals surface area (Å²) < 4.78 is 24.8. The summed E-state index contributed by atoms with van der Waals surface area (Å²) in [6.45, 7) is 2.53. The molecule has 1 aromatic heterocycles. The molecule has 0 amide bonds. The fourth-order valence-electron chi connectivity index (χ4n) is 4.05. The Bertz CT molecular complexity index is 898. The molecule has 164 valence electrons. The molecule has 0 aliphatic carbocycles. The fourth-order valence-corrected chi connectivity index (χ4v) is 6.36. The maximum Gasteiger partial charge on any atom is 0.190 e. The van der Waals surface area contributed by atoms with E-state index in [0.29, 0.717) is 29.8 Å². The van der Waals surface area contributed by atoms with Crippen LogP contribution in [0.5, 0.6) is 0 Å². The summed E-state index contributed by atoms with van der Waals surface area (Å²) in [6, 6.07) is 13.4. The van der Waals surface area contributed by atoms with Gasteiger partial charge in [-0.05, 0) is 62.4 Å². The van der Waals surface area contributed by atoms with Gasteiger partial charge in [0.2, 0.25) is 0 Å². The first-order chi connectivity index (χ1) is 14.5. The van der Waals surface area contributed by atoms with E-state index in [-0.39, 0.29) is 5.75 Å². The summed E-state index contributed by atoms with van der Waals surface area (Å²) in [5.74, 6) is 1.36. The van der Waals surface area contributed by atoms with E-state index in [4.69, 9.17) is 0 Å². The molecule has 0 bridgehead atoms. The minimum atomic E-state index is -3.24. The van der Waals surface area contributed by atoms with Crippen LogP contribution in [0.4, 0.5) is 0 Å². The van der Waals surface area contributed by atoms with E-state index in [1.165, 1.54) is 17.7 Å². The predicted molar refractivity (Wildman–Crippen MR) is 125 cm³/mol. The molecule has 2 unspecified atom stereocenters. The molecule has 0 spiro atoms. The van der Waals surface area contributed by atoms with E-state index in [1.54, 1.807) is 31.3 Å². The highest BCUT2D eigenvalue weighted by Gasteiger charge is 2.31. The zero-order valence-electron chi connectivity index (χ0n) is 17.8. The van der Waals surface area contributed by atoms with Crippen molar-refractivity contribution in [1.82, 2.24) is 15.5 Å². The lowest BCUT2D eigenvalue weighted by Crippen LogP contribution is -2.45. The standard InChI is InChI=1S/C22H32N4O2S2/c1-23-22(24-13-8-16-30(27,28)19-10-4-3-5-11-19)25-17-18-9-6-14-26(2)21(18)20-12-7-15-29-20/h3-5,7,10-12,15,18,21H,6,8-9,13-14,16-17H2,1-2H3,(H2,23,24,25). The highest BCUT2D eigenvalue weighted by atomic mass is 32.2. The zero-order chi connectivity index (χ0) is 21.4. The number of sulfone groups is 1. The third kappa shape index (κ3) is 6.06. The Balaban J connectivity index is 1.46. The van der Waals surface area contributed by atoms with Crippen molar-refractivity contribution in [2.45, 2.75) is 30.2 Å². The van der Waals surface area contributed by atoms with Gasteiger partial charge in [0.05, 0.1) is 10.6 Å². The zero-order valence-corrected chi connectivity index (χ0v) is 19.4. The van der Waals surface area contributed by atoms with E-state index in [0.717, 1.165) is 19.0 Å². The van der Waals surface area contributed by atoms with Crippen LogP contribution in [0.1, 0.15) is 30.2 Å². The fraction of sp³-hybridized carbons (Fsp3) is 0.500. The molecular formula is C22H32N4O2S2. The summed E-state index contributed by atoms with van der Waals surface area (Å²) in [6.07, 6.45) is 2.92. The number of rotatable bonds is 8. The van der Waals surface area contributed by atoms with Crippen LogP contribution in [0.15, 0.2) is 57.7 Å². The topological polar surface area (TPSA) is 73.8 Å². The number of aliphatic imine (C=N–C) groups is 1. The molecule has 30 heavy (non-hydrogen) atoms. The van der Waals surface area contributed by atoms with Gasteiger partial charge in [0.15, 0.2) is 15.8 Å². The lowest BCUT2D eigenvalue weighted by molar-refractivity contribution is 0.125. The summed E-state index contributed by atoms with van der Waals surface area (Å²) in [7, 11) is 0.717.